The van der Waals surface area contributed by atoms with Crippen LogP contribution in [0.15, 0.2) is 54.7 Å². The minimum absolute atomic E-state index is 0.0159. The van der Waals surface area contributed by atoms with Crippen molar-refractivity contribution in [3.05, 3.63) is 65.9 Å². The lowest BCUT2D eigenvalue weighted by Gasteiger charge is -2.26. The van der Waals surface area contributed by atoms with E-state index in [1.54, 1.807) is 6.20 Å². The summed E-state index contributed by atoms with van der Waals surface area (Å²) in [7, 11) is 0. The van der Waals surface area contributed by atoms with Gasteiger partial charge in [-0.1, -0.05) is 38.1 Å². The second-order valence-corrected chi connectivity index (χ2v) is 7.43. The second-order valence-electron chi connectivity index (χ2n) is 7.43. The van der Waals surface area contributed by atoms with Crippen molar-refractivity contribution in [3.63, 3.8) is 0 Å². The minimum Gasteiger partial charge on any atom is -0.486 e. The van der Waals surface area contributed by atoms with Crippen molar-refractivity contribution >= 4 is 16.8 Å². The summed E-state index contributed by atoms with van der Waals surface area (Å²) in [6, 6.07) is 15.5. The van der Waals surface area contributed by atoms with Crippen LogP contribution in [0.25, 0.3) is 10.9 Å². The van der Waals surface area contributed by atoms with Gasteiger partial charge in [-0.15, -0.1) is 0 Å². The van der Waals surface area contributed by atoms with Crippen molar-refractivity contribution < 1.29 is 14.3 Å². The van der Waals surface area contributed by atoms with E-state index in [9.17, 15) is 4.79 Å². The molecule has 0 unspecified atom stereocenters. The summed E-state index contributed by atoms with van der Waals surface area (Å²) in [6.07, 6.45) is 1.70. The number of amides is 1. The molecule has 2 aromatic carbocycles. The fraction of sp³-hybridized carbons (Fsp3) is 0.304. The van der Waals surface area contributed by atoms with Crippen LogP contribution < -0.4 is 9.47 Å². The molecule has 1 amide bonds. The number of aromatic nitrogens is 1. The van der Waals surface area contributed by atoms with Gasteiger partial charge in [0.2, 0.25) is 0 Å². The first kappa shape index (κ1) is 18.3. The summed E-state index contributed by atoms with van der Waals surface area (Å²) in [5, 5.41) is 0.880. The summed E-state index contributed by atoms with van der Waals surface area (Å²) >= 11 is 0. The Morgan fingerprint density at radius 3 is 2.68 bits per heavy atom. The van der Waals surface area contributed by atoms with Gasteiger partial charge in [-0.25, -0.2) is 0 Å². The second kappa shape index (κ2) is 7.89. The Labute approximate surface area is 164 Å². The number of fused-ring (bicyclic) bond motifs is 2. The van der Waals surface area contributed by atoms with Crippen LogP contribution in [0.1, 0.15) is 29.8 Å². The van der Waals surface area contributed by atoms with Crippen LogP contribution in [0, 0.1) is 5.92 Å². The van der Waals surface area contributed by atoms with Gasteiger partial charge in [0.05, 0.1) is 11.1 Å². The fourth-order valence-electron chi connectivity index (χ4n) is 3.52. The minimum atomic E-state index is 0.0159. The zero-order valence-electron chi connectivity index (χ0n) is 16.2. The molecule has 144 valence electrons. The SMILES string of the molecule is CC(C)CN(Cc1ccc2c(c1)OCCO2)C(=O)c1ccnc2ccccc12. The summed E-state index contributed by atoms with van der Waals surface area (Å²) in [5.74, 6) is 1.88. The maximum absolute atomic E-state index is 13.4. The van der Waals surface area contributed by atoms with Gasteiger partial charge in [0.15, 0.2) is 11.5 Å². The molecule has 1 aliphatic rings. The van der Waals surface area contributed by atoms with E-state index in [0.717, 1.165) is 28.0 Å². The lowest BCUT2D eigenvalue weighted by atomic mass is 10.1. The highest BCUT2D eigenvalue weighted by atomic mass is 16.6. The number of nitrogens with zero attached hydrogens (tertiary/aromatic N) is 2. The van der Waals surface area contributed by atoms with Gasteiger partial charge < -0.3 is 14.4 Å². The van der Waals surface area contributed by atoms with Gasteiger partial charge in [0.1, 0.15) is 13.2 Å². The van der Waals surface area contributed by atoms with Crippen molar-refractivity contribution in [2.45, 2.75) is 20.4 Å². The molecule has 4 rings (SSSR count). The van der Waals surface area contributed by atoms with E-state index in [1.165, 1.54) is 0 Å². The molecular weight excluding hydrogens is 352 g/mol. The zero-order chi connectivity index (χ0) is 19.5. The fourth-order valence-corrected chi connectivity index (χ4v) is 3.52. The predicted octanol–water partition coefficient (Wildman–Crippen LogP) is 4.30. The summed E-state index contributed by atoms with van der Waals surface area (Å²) < 4.78 is 11.3. The maximum Gasteiger partial charge on any atom is 0.254 e. The molecule has 0 atom stereocenters. The number of rotatable bonds is 5. The lowest BCUT2D eigenvalue weighted by molar-refractivity contribution is 0.0724. The molecule has 5 heteroatoms. The maximum atomic E-state index is 13.4. The van der Waals surface area contributed by atoms with Gasteiger partial charge in [0, 0.05) is 24.7 Å². The van der Waals surface area contributed by atoms with Crippen LogP contribution in [0.4, 0.5) is 0 Å². The average Bonchev–Trinajstić information content (AvgIpc) is 2.72. The van der Waals surface area contributed by atoms with Crippen LogP contribution in [0.3, 0.4) is 0 Å². The highest BCUT2D eigenvalue weighted by Gasteiger charge is 2.21. The Morgan fingerprint density at radius 1 is 1.07 bits per heavy atom. The first-order valence-electron chi connectivity index (χ1n) is 9.63. The largest absolute Gasteiger partial charge is 0.486 e. The quantitative estimate of drug-likeness (QED) is 0.666. The van der Waals surface area contributed by atoms with Crippen molar-refractivity contribution in [3.8, 4) is 11.5 Å². The van der Waals surface area contributed by atoms with Crippen molar-refractivity contribution in [1.82, 2.24) is 9.88 Å². The van der Waals surface area contributed by atoms with Crippen LogP contribution >= 0.6 is 0 Å². The topological polar surface area (TPSA) is 51.7 Å². The van der Waals surface area contributed by atoms with Crippen molar-refractivity contribution in [2.24, 2.45) is 5.92 Å². The number of para-hydroxylation sites is 1. The zero-order valence-corrected chi connectivity index (χ0v) is 16.2. The molecule has 0 bridgehead atoms. The average molecular weight is 376 g/mol. The van der Waals surface area contributed by atoms with Crippen molar-refractivity contribution in [1.29, 1.82) is 0 Å². The lowest BCUT2D eigenvalue weighted by Crippen LogP contribution is -2.34. The molecule has 0 N–H and O–H groups in total. The smallest absolute Gasteiger partial charge is 0.254 e. The molecule has 0 spiro atoms. The molecule has 0 radical (unpaired) electrons. The third kappa shape index (κ3) is 3.79. The number of carbonyl (C=O) groups excluding carboxylic acids is 1. The van der Waals surface area contributed by atoms with Crippen LogP contribution in [0.5, 0.6) is 11.5 Å². The standard InChI is InChI=1S/C23H24N2O3/c1-16(2)14-25(15-17-7-8-21-22(13-17)28-12-11-27-21)23(26)19-9-10-24-20-6-4-3-5-18(19)20/h3-10,13,16H,11-12,14-15H2,1-2H3. The van der Waals surface area contributed by atoms with E-state index in [2.05, 4.69) is 18.8 Å². The Kier molecular flexibility index (Phi) is 5.15. The highest BCUT2D eigenvalue weighted by molar-refractivity contribution is 6.05. The van der Waals surface area contributed by atoms with Crippen LogP contribution in [-0.4, -0.2) is 35.5 Å². The van der Waals surface area contributed by atoms with E-state index in [1.807, 2.05) is 53.4 Å². The van der Waals surface area contributed by atoms with Gasteiger partial charge in [-0.05, 0) is 35.7 Å². The highest BCUT2D eigenvalue weighted by Crippen LogP contribution is 2.31. The van der Waals surface area contributed by atoms with Gasteiger partial charge in [-0.2, -0.15) is 0 Å². The van der Waals surface area contributed by atoms with Gasteiger partial charge in [-0.3, -0.25) is 9.78 Å². The molecule has 1 aromatic heterocycles. The molecule has 0 saturated heterocycles. The van der Waals surface area contributed by atoms with E-state index >= 15 is 0 Å². The molecule has 0 saturated carbocycles. The van der Waals surface area contributed by atoms with Gasteiger partial charge >= 0.3 is 0 Å². The van der Waals surface area contributed by atoms with E-state index < -0.39 is 0 Å². The molecule has 2 heterocycles. The number of benzene rings is 2. The molecule has 1 aliphatic heterocycles. The molecule has 3 aromatic rings. The van der Waals surface area contributed by atoms with Crippen LogP contribution in [-0.2, 0) is 6.54 Å². The monoisotopic (exact) mass is 376 g/mol. The Balaban J connectivity index is 1.65. The first-order chi connectivity index (χ1) is 13.6. The summed E-state index contributed by atoms with van der Waals surface area (Å²) in [6.45, 7) is 6.55. The van der Waals surface area contributed by atoms with E-state index in [4.69, 9.17) is 9.47 Å². The third-order valence-corrected chi connectivity index (χ3v) is 4.73. The number of pyridine rings is 1. The van der Waals surface area contributed by atoms with E-state index in [0.29, 0.717) is 37.8 Å². The Bertz CT molecular complexity index is 995. The number of carbonyl (C=O) groups is 1. The summed E-state index contributed by atoms with van der Waals surface area (Å²) in [5.41, 5.74) is 2.54. The number of hydrogen-bond donors (Lipinski definition) is 0. The molecular formula is C23H24N2O3. The molecule has 0 fully saturated rings. The Morgan fingerprint density at radius 2 is 1.86 bits per heavy atom. The number of ether oxygens (including phenoxy) is 2. The first-order valence-corrected chi connectivity index (χ1v) is 9.63. The summed E-state index contributed by atoms with van der Waals surface area (Å²) in [4.78, 5) is 19.7. The third-order valence-electron chi connectivity index (χ3n) is 4.73. The van der Waals surface area contributed by atoms with E-state index in [-0.39, 0.29) is 5.91 Å². The normalized spacial score (nSPS) is 13.0. The number of hydrogen-bond acceptors (Lipinski definition) is 4. The molecule has 5 nitrogen and oxygen atoms in total. The predicted molar refractivity (Wildman–Crippen MR) is 109 cm³/mol. The Hall–Kier alpha value is -3.08. The van der Waals surface area contributed by atoms with Crippen molar-refractivity contribution in [2.75, 3.05) is 19.8 Å². The molecule has 0 aliphatic carbocycles. The van der Waals surface area contributed by atoms with Crippen LogP contribution in [0.2, 0.25) is 0 Å². The molecule has 28 heavy (non-hydrogen) atoms. The van der Waals surface area contributed by atoms with Gasteiger partial charge in [0.25, 0.3) is 5.91 Å².